The first-order valence-corrected chi connectivity index (χ1v) is 9.26. The number of H-pyrrole nitrogens is 1. The first-order valence-electron chi connectivity index (χ1n) is 9.26. The maximum Gasteiger partial charge on any atom is 0.335 e. The summed E-state index contributed by atoms with van der Waals surface area (Å²) in [7, 11) is 0. The van der Waals surface area contributed by atoms with Crippen molar-refractivity contribution in [1.29, 1.82) is 0 Å². The van der Waals surface area contributed by atoms with Gasteiger partial charge in [-0.1, -0.05) is 12.1 Å². The van der Waals surface area contributed by atoms with Crippen molar-refractivity contribution in [2.24, 2.45) is 5.73 Å². The van der Waals surface area contributed by atoms with Gasteiger partial charge in [-0.15, -0.1) is 0 Å². The first kappa shape index (κ1) is 19.3. The van der Waals surface area contributed by atoms with Crippen LogP contribution in [-0.2, 0) is 4.79 Å². The lowest BCUT2D eigenvalue weighted by Crippen LogP contribution is -2.32. The number of nitrogens with two attached hydrogens (primary N) is 1. The number of amides is 1. The van der Waals surface area contributed by atoms with Crippen molar-refractivity contribution in [3.05, 3.63) is 66.6 Å². The Hall–Kier alpha value is -4.04. The summed E-state index contributed by atoms with van der Waals surface area (Å²) in [6.45, 7) is 1.61. The maximum absolute atomic E-state index is 11.7. The van der Waals surface area contributed by atoms with Crippen molar-refractivity contribution in [3.8, 4) is 22.3 Å². The Bertz CT molecular complexity index is 1230. The normalized spacial score (nSPS) is 11.9. The lowest BCUT2D eigenvalue weighted by Gasteiger charge is -2.08. The topological polar surface area (TPSA) is 134 Å². The van der Waals surface area contributed by atoms with E-state index in [4.69, 9.17) is 10.8 Å². The average Bonchev–Trinajstić information content (AvgIpc) is 3.17. The summed E-state index contributed by atoms with van der Waals surface area (Å²) in [5.41, 5.74) is 10.0. The van der Waals surface area contributed by atoms with E-state index in [2.05, 4.69) is 20.3 Å². The van der Waals surface area contributed by atoms with E-state index in [1.807, 2.05) is 18.3 Å². The minimum atomic E-state index is -0.961. The molecule has 5 N–H and O–H groups in total. The van der Waals surface area contributed by atoms with E-state index in [1.165, 1.54) is 0 Å². The number of fused-ring (bicyclic) bond motifs is 1. The van der Waals surface area contributed by atoms with Gasteiger partial charge in [0.2, 0.25) is 5.91 Å². The Morgan fingerprint density at radius 1 is 1.03 bits per heavy atom. The van der Waals surface area contributed by atoms with Crippen LogP contribution >= 0.6 is 0 Å². The molecule has 0 spiro atoms. The fourth-order valence-corrected chi connectivity index (χ4v) is 3.07. The lowest BCUT2D eigenvalue weighted by molar-refractivity contribution is -0.117. The Kier molecular flexibility index (Phi) is 4.99. The monoisotopic (exact) mass is 401 g/mol. The fraction of sp³-hybridized carbons (Fsp3) is 0.0909. The Morgan fingerprint density at radius 3 is 2.37 bits per heavy atom. The summed E-state index contributed by atoms with van der Waals surface area (Å²) in [6, 6.07) is 11.6. The zero-order chi connectivity index (χ0) is 21.3. The van der Waals surface area contributed by atoms with Gasteiger partial charge in [0.05, 0.1) is 11.6 Å². The second kappa shape index (κ2) is 7.76. The fourth-order valence-electron chi connectivity index (χ4n) is 3.07. The van der Waals surface area contributed by atoms with Crippen LogP contribution in [0.4, 0.5) is 5.82 Å². The maximum atomic E-state index is 11.7. The van der Waals surface area contributed by atoms with E-state index >= 15 is 0 Å². The van der Waals surface area contributed by atoms with Gasteiger partial charge in [-0.3, -0.25) is 4.79 Å². The molecule has 1 amide bonds. The minimum absolute atomic E-state index is 0.236. The number of carboxylic acids is 1. The predicted octanol–water partition coefficient (Wildman–Crippen LogP) is 3.28. The van der Waals surface area contributed by atoms with Gasteiger partial charge in [0, 0.05) is 40.7 Å². The van der Waals surface area contributed by atoms with E-state index in [-0.39, 0.29) is 11.5 Å². The second-order valence-corrected chi connectivity index (χ2v) is 6.92. The summed E-state index contributed by atoms with van der Waals surface area (Å²) in [4.78, 5) is 34.7. The zero-order valence-electron chi connectivity index (χ0n) is 16.1. The van der Waals surface area contributed by atoms with Crippen LogP contribution in [0.15, 0.2) is 61.1 Å². The predicted molar refractivity (Wildman–Crippen MR) is 114 cm³/mol. The minimum Gasteiger partial charge on any atom is -0.478 e. The number of benzene rings is 1. The van der Waals surface area contributed by atoms with Crippen LogP contribution in [0.3, 0.4) is 0 Å². The molecule has 150 valence electrons. The van der Waals surface area contributed by atoms with E-state index < -0.39 is 12.0 Å². The highest BCUT2D eigenvalue weighted by Gasteiger charge is 2.12. The first-order chi connectivity index (χ1) is 14.4. The van der Waals surface area contributed by atoms with Gasteiger partial charge < -0.3 is 21.1 Å². The molecule has 3 heterocycles. The number of aromatic nitrogens is 3. The number of carboxylic acid groups (broad SMARTS) is 1. The molecule has 0 saturated heterocycles. The number of aromatic amines is 1. The molecule has 0 aliphatic rings. The van der Waals surface area contributed by atoms with Crippen molar-refractivity contribution < 1.29 is 14.7 Å². The van der Waals surface area contributed by atoms with Gasteiger partial charge in [0.25, 0.3) is 0 Å². The van der Waals surface area contributed by atoms with Crippen molar-refractivity contribution in [2.75, 3.05) is 5.32 Å². The van der Waals surface area contributed by atoms with Crippen molar-refractivity contribution >= 4 is 28.7 Å². The number of hydrogen-bond donors (Lipinski definition) is 4. The molecule has 8 heteroatoms. The summed E-state index contributed by atoms with van der Waals surface area (Å²) >= 11 is 0. The molecule has 4 aromatic rings. The molecule has 0 fully saturated rings. The van der Waals surface area contributed by atoms with Gasteiger partial charge in [0.1, 0.15) is 11.5 Å². The Balaban J connectivity index is 1.66. The number of nitrogens with zero attached hydrogens (tertiary/aromatic N) is 2. The highest BCUT2D eigenvalue weighted by Crippen LogP contribution is 2.31. The van der Waals surface area contributed by atoms with E-state index in [9.17, 15) is 9.59 Å². The molecule has 0 aliphatic heterocycles. The molecule has 0 radical (unpaired) electrons. The number of rotatable bonds is 5. The van der Waals surface area contributed by atoms with Gasteiger partial charge >= 0.3 is 5.97 Å². The van der Waals surface area contributed by atoms with Gasteiger partial charge in [-0.25, -0.2) is 14.8 Å². The van der Waals surface area contributed by atoms with Crippen LogP contribution in [0.1, 0.15) is 17.3 Å². The molecule has 30 heavy (non-hydrogen) atoms. The highest BCUT2D eigenvalue weighted by atomic mass is 16.4. The SMILES string of the molecule is CC(N)C(=O)Nc1ccc(-c2cnc3[nH]cc(-c4ccc(C(=O)O)cc4)c3c2)cn1. The van der Waals surface area contributed by atoms with Crippen LogP contribution in [-0.4, -0.2) is 38.0 Å². The number of nitrogens with one attached hydrogen (secondary N) is 2. The summed E-state index contributed by atoms with van der Waals surface area (Å²) in [6.07, 6.45) is 5.25. The average molecular weight is 401 g/mol. The molecule has 0 bridgehead atoms. The molecule has 1 aromatic carbocycles. The standard InChI is InChI=1S/C22H19N5O3/c1-12(23)21(28)27-19-7-6-15(9-24-19)16-8-17-18(11-26-20(17)25-10-16)13-2-4-14(5-3-13)22(29)30/h2-12H,23H2,1H3,(H,25,26)(H,29,30)(H,24,27,28). The molecule has 4 rings (SSSR count). The number of aromatic carboxylic acids is 1. The number of anilines is 1. The third-order valence-corrected chi connectivity index (χ3v) is 4.74. The zero-order valence-corrected chi connectivity index (χ0v) is 16.1. The molecule has 0 aliphatic carbocycles. The Labute approximate surface area is 171 Å². The third-order valence-electron chi connectivity index (χ3n) is 4.74. The van der Waals surface area contributed by atoms with E-state index in [0.717, 1.165) is 33.3 Å². The smallest absolute Gasteiger partial charge is 0.335 e. The van der Waals surface area contributed by atoms with Crippen molar-refractivity contribution in [2.45, 2.75) is 13.0 Å². The van der Waals surface area contributed by atoms with Crippen molar-refractivity contribution in [3.63, 3.8) is 0 Å². The van der Waals surface area contributed by atoms with E-state index in [1.54, 1.807) is 49.6 Å². The van der Waals surface area contributed by atoms with Gasteiger partial charge in [0.15, 0.2) is 0 Å². The molecule has 1 atom stereocenters. The van der Waals surface area contributed by atoms with Gasteiger partial charge in [-0.2, -0.15) is 0 Å². The second-order valence-electron chi connectivity index (χ2n) is 6.92. The molecule has 0 saturated carbocycles. The van der Waals surface area contributed by atoms with Crippen LogP contribution in [0.2, 0.25) is 0 Å². The lowest BCUT2D eigenvalue weighted by atomic mass is 10.0. The molecular formula is C22H19N5O3. The molecule has 1 unspecified atom stereocenters. The molecule has 3 aromatic heterocycles. The number of carbonyl (C=O) groups is 2. The van der Waals surface area contributed by atoms with Crippen LogP contribution < -0.4 is 11.1 Å². The van der Waals surface area contributed by atoms with Crippen LogP contribution in [0, 0.1) is 0 Å². The summed E-state index contributed by atoms with van der Waals surface area (Å²) < 4.78 is 0. The van der Waals surface area contributed by atoms with Crippen LogP contribution in [0.25, 0.3) is 33.3 Å². The largest absolute Gasteiger partial charge is 0.478 e. The molecular weight excluding hydrogens is 382 g/mol. The van der Waals surface area contributed by atoms with E-state index in [0.29, 0.717) is 5.82 Å². The van der Waals surface area contributed by atoms with Crippen LogP contribution in [0.5, 0.6) is 0 Å². The highest BCUT2D eigenvalue weighted by molar-refractivity contribution is 5.97. The summed E-state index contributed by atoms with van der Waals surface area (Å²) in [5, 5.41) is 12.6. The third kappa shape index (κ3) is 3.76. The molecule has 8 nitrogen and oxygen atoms in total. The number of carbonyl (C=O) groups excluding carboxylic acids is 1. The number of pyridine rings is 2. The Morgan fingerprint density at radius 2 is 1.73 bits per heavy atom. The number of hydrogen-bond acceptors (Lipinski definition) is 5. The quantitative estimate of drug-likeness (QED) is 0.405. The van der Waals surface area contributed by atoms with Gasteiger partial charge in [-0.05, 0) is 42.8 Å². The summed E-state index contributed by atoms with van der Waals surface area (Å²) in [5.74, 6) is -0.836. The van der Waals surface area contributed by atoms with Crippen molar-refractivity contribution in [1.82, 2.24) is 15.0 Å².